The Balaban J connectivity index is 1.87. The average Bonchev–Trinajstić information content (AvgIpc) is 2.52. The molecule has 1 aromatic rings. The van der Waals surface area contributed by atoms with E-state index in [1.807, 2.05) is 31.2 Å². The van der Waals surface area contributed by atoms with Crippen LogP contribution in [0.15, 0.2) is 24.3 Å². The number of aliphatic hydroxyl groups excluding tert-OH is 1. The highest BCUT2D eigenvalue weighted by Gasteiger charge is 2.22. The van der Waals surface area contributed by atoms with Gasteiger partial charge in [0.05, 0.1) is 12.2 Å². The molecule has 24 heavy (non-hydrogen) atoms. The number of ether oxygens (including phenoxy) is 1. The van der Waals surface area contributed by atoms with E-state index < -0.39 is 0 Å². The van der Waals surface area contributed by atoms with Gasteiger partial charge in [-0.3, -0.25) is 9.69 Å². The van der Waals surface area contributed by atoms with Gasteiger partial charge in [-0.25, -0.2) is 0 Å². The Kier molecular flexibility index (Phi) is 7.21. The zero-order chi connectivity index (χ0) is 17.5. The second-order valence-corrected chi connectivity index (χ2v) is 6.89. The van der Waals surface area contributed by atoms with Gasteiger partial charge in [-0.05, 0) is 51.3 Å². The summed E-state index contributed by atoms with van der Waals surface area (Å²) in [5, 5.41) is 11.8. The van der Waals surface area contributed by atoms with Crippen LogP contribution in [-0.2, 0) is 11.3 Å². The first-order valence-electron chi connectivity index (χ1n) is 8.86. The van der Waals surface area contributed by atoms with Crippen molar-refractivity contribution in [2.75, 3.05) is 19.7 Å². The SMILES string of the molecule is CC(CCCO)NC(=O)c1ccc(CN2CC(C)OC(C)C2)cc1. The van der Waals surface area contributed by atoms with Crippen LogP contribution < -0.4 is 5.32 Å². The number of aliphatic hydroxyl groups is 1. The number of carbonyl (C=O) groups excluding carboxylic acids is 1. The Morgan fingerprint density at radius 2 is 1.92 bits per heavy atom. The van der Waals surface area contributed by atoms with Crippen molar-refractivity contribution in [2.45, 2.75) is 58.4 Å². The van der Waals surface area contributed by atoms with Crippen molar-refractivity contribution in [3.8, 4) is 0 Å². The van der Waals surface area contributed by atoms with Crippen LogP contribution in [0, 0.1) is 0 Å². The summed E-state index contributed by atoms with van der Waals surface area (Å²) in [5.41, 5.74) is 1.89. The molecule has 1 saturated heterocycles. The van der Waals surface area contributed by atoms with Crippen LogP contribution in [0.3, 0.4) is 0 Å². The van der Waals surface area contributed by atoms with E-state index in [0.717, 1.165) is 26.1 Å². The van der Waals surface area contributed by atoms with Gasteiger partial charge in [0.2, 0.25) is 0 Å². The molecule has 1 fully saturated rings. The molecule has 0 aliphatic carbocycles. The van der Waals surface area contributed by atoms with Crippen molar-refractivity contribution in [1.29, 1.82) is 0 Å². The van der Waals surface area contributed by atoms with Gasteiger partial charge in [-0.2, -0.15) is 0 Å². The van der Waals surface area contributed by atoms with Gasteiger partial charge in [0.25, 0.3) is 5.91 Å². The zero-order valence-corrected chi connectivity index (χ0v) is 15.0. The van der Waals surface area contributed by atoms with Gasteiger partial charge in [-0.1, -0.05) is 12.1 Å². The minimum absolute atomic E-state index is 0.0550. The number of hydrogen-bond acceptors (Lipinski definition) is 4. The van der Waals surface area contributed by atoms with E-state index in [9.17, 15) is 4.79 Å². The summed E-state index contributed by atoms with van der Waals surface area (Å²) in [4.78, 5) is 14.6. The van der Waals surface area contributed by atoms with E-state index in [1.165, 1.54) is 5.56 Å². The standard InChI is InChI=1S/C19H30N2O3/c1-14(5-4-10-22)20-19(23)18-8-6-17(7-9-18)13-21-11-15(2)24-16(3)12-21/h6-9,14-16,22H,4-5,10-13H2,1-3H3,(H,20,23). The number of carbonyl (C=O) groups is 1. The molecule has 0 aromatic heterocycles. The van der Waals surface area contributed by atoms with E-state index in [-0.39, 0.29) is 30.8 Å². The summed E-state index contributed by atoms with van der Waals surface area (Å²) in [6, 6.07) is 7.89. The van der Waals surface area contributed by atoms with Crippen LogP contribution in [0.4, 0.5) is 0 Å². The predicted molar refractivity (Wildman–Crippen MR) is 95.0 cm³/mol. The number of rotatable bonds is 7. The molecule has 3 unspecified atom stereocenters. The number of amides is 1. The monoisotopic (exact) mass is 334 g/mol. The molecule has 0 spiro atoms. The lowest BCUT2D eigenvalue weighted by atomic mass is 10.1. The number of nitrogens with zero attached hydrogens (tertiary/aromatic N) is 1. The molecular formula is C19H30N2O3. The molecule has 0 radical (unpaired) electrons. The van der Waals surface area contributed by atoms with Crippen LogP contribution in [0.2, 0.25) is 0 Å². The fourth-order valence-electron chi connectivity index (χ4n) is 3.21. The maximum absolute atomic E-state index is 12.2. The van der Waals surface area contributed by atoms with E-state index >= 15 is 0 Å². The first kappa shape index (κ1) is 18.9. The van der Waals surface area contributed by atoms with Crippen molar-refractivity contribution in [3.63, 3.8) is 0 Å². The minimum atomic E-state index is -0.0550. The van der Waals surface area contributed by atoms with Gasteiger partial charge in [0.15, 0.2) is 0 Å². The van der Waals surface area contributed by atoms with E-state index in [4.69, 9.17) is 9.84 Å². The first-order chi connectivity index (χ1) is 11.5. The molecule has 0 bridgehead atoms. The fraction of sp³-hybridized carbons (Fsp3) is 0.632. The highest BCUT2D eigenvalue weighted by Crippen LogP contribution is 2.15. The molecule has 1 aliphatic rings. The predicted octanol–water partition coefficient (Wildman–Crippen LogP) is 2.19. The molecule has 134 valence electrons. The lowest BCUT2D eigenvalue weighted by Gasteiger charge is -2.35. The lowest BCUT2D eigenvalue weighted by molar-refractivity contribution is -0.0704. The number of hydrogen-bond donors (Lipinski definition) is 2. The molecule has 0 saturated carbocycles. The molecular weight excluding hydrogens is 304 g/mol. The van der Waals surface area contributed by atoms with Crippen molar-refractivity contribution in [1.82, 2.24) is 10.2 Å². The van der Waals surface area contributed by atoms with Gasteiger partial charge in [-0.15, -0.1) is 0 Å². The molecule has 1 aromatic carbocycles. The highest BCUT2D eigenvalue weighted by molar-refractivity contribution is 5.94. The van der Waals surface area contributed by atoms with Gasteiger partial charge in [0.1, 0.15) is 0 Å². The third-order valence-electron chi connectivity index (χ3n) is 4.29. The Bertz CT molecular complexity index is 508. The average molecular weight is 334 g/mol. The van der Waals surface area contributed by atoms with E-state index in [2.05, 4.69) is 24.1 Å². The zero-order valence-electron chi connectivity index (χ0n) is 15.0. The van der Waals surface area contributed by atoms with Crippen molar-refractivity contribution < 1.29 is 14.6 Å². The third kappa shape index (κ3) is 5.89. The Morgan fingerprint density at radius 3 is 2.50 bits per heavy atom. The van der Waals surface area contributed by atoms with Crippen LogP contribution >= 0.6 is 0 Å². The second kappa shape index (κ2) is 9.16. The van der Waals surface area contributed by atoms with Gasteiger partial charge in [0, 0.05) is 37.8 Å². The minimum Gasteiger partial charge on any atom is -0.396 e. The summed E-state index contributed by atoms with van der Waals surface area (Å²) in [7, 11) is 0. The molecule has 1 amide bonds. The summed E-state index contributed by atoms with van der Waals surface area (Å²) >= 11 is 0. The second-order valence-electron chi connectivity index (χ2n) is 6.89. The molecule has 2 rings (SSSR count). The quantitative estimate of drug-likeness (QED) is 0.802. The van der Waals surface area contributed by atoms with Gasteiger partial charge >= 0.3 is 0 Å². The number of morpholine rings is 1. The molecule has 3 atom stereocenters. The van der Waals surface area contributed by atoms with Crippen LogP contribution in [0.5, 0.6) is 0 Å². The third-order valence-corrected chi connectivity index (χ3v) is 4.29. The largest absolute Gasteiger partial charge is 0.396 e. The van der Waals surface area contributed by atoms with E-state index in [1.54, 1.807) is 0 Å². The van der Waals surface area contributed by atoms with Crippen molar-refractivity contribution in [2.24, 2.45) is 0 Å². The summed E-state index contributed by atoms with van der Waals surface area (Å²) < 4.78 is 5.76. The number of benzene rings is 1. The normalized spacial score (nSPS) is 23.0. The summed E-state index contributed by atoms with van der Waals surface area (Å²) in [5.74, 6) is -0.0550. The van der Waals surface area contributed by atoms with Crippen molar-refractivity contribution >= 4 is 5.91 Å². The maximum atomic E-state index is 12.2. The van der Waals surface area contributed by atoms with E-state index in [0.29, 0.717) is 12.0 Å². The van der Waals surface area contributed by atoms with Crippen LogP contribution in [0.1, 0.15) is 49.5 Å². The fourth-order valence-corrected chi connectivity index (χ4v) is 3.21. The molecule has 5 heteroatoms. The van der Waals surface area contributed by atoms with Crippen LogP contribution in [-0.4, -0.2) is 53.9 Å². The van der Waals surface area contributed by atoms with Crippen molar-refractivity contribution in [3.05, 3.63) is 35.4 Å². The molecule has 2 N–H and O–H groups in total. The highest BCUT2D eigenvalue weighted by atomic mass is 16.5. The molecule has 5 nitrogen and oxygen atoms in total. The summed E-state index contributed by atoms with van der Waals surface area (Å²) in [6.07, 6.45) is 2.02. The first-order valence-corrected chi connectivity index (χ1v) is 8.86. The Labute approximate surface area is 145 Å². The topological polar surface area (TPSA) is 61.8 Å². The Hall–Kier alpha value is -1.43. The molecule has 1 heterocycles. The van der Waals surface area contributed by atoms with Crippen LogP contribution in [0.25, 0.3) is 0 Å². The maximum Gasteiger partial charge on any atom is 0.251 e. The number of nitrogens with one attached hydrogen (secondary N) is 1. The smallest absolute Gasteiger partial charge is 0.251 e. The molecule has 1 aliphatic heterocycles. The lowest BCUT2D eigenvalue weighted by Crippen LogP contribution is -2.44. The Morgan fingerprint density at radius 1 is 1.29 bits per heavy atom. The van der Waals surface area contributed by atoms with Gasteiger partial charge < -0.3 is 15.2 Å². The summed E-state index contributed by atoms with van der Waals surface area (Å²) in [6.45, 7) is 9.09.